The quantitative estimate of drug-likeness (QED) is 0.860. The molecule has 0 fully saturated rings. The van der Waals surface area contributed by atoms with E-state index in [1.807, 2.05) is 36.4 Å². The van der Waals surface area contributed by atoms with Gasteiger partial charge in [0, 0.05) is 18.4 Å². The highest BCUT2D eigenvalue weighted by Gasteiger charge is 2.34. The Morgan fingerprint density at radius 2 is 2.06 bits per heavy atom. The molecule has 2 aromatic rings. The molecule has 1 atom stereocenters. The predicted octanol–water partition coefficient (Wildman–Crippen LogP) is 2.46. The Kier molecular flexibility index (Phi) is 2.41. The topological polar surface area (TPSA) is 48.4 Å². The van der Waals surface area contributed by atoms with Crippen molar-refractivity contribution in [3.05, 3.63) is 54.0 Å². The van der Waals surface area contributed by atoms with Gasteiger partial charge >= 0.3 is 0 Å². The van der Waals surface area contributed by atoms with Crippen molar-refractivity contribution in [3.63, 3.8) is 0 Å². The number of furan rings is 1. The Morgan fingerprint density at radius 3 is 2.88 bits per heavy atom. The molecule has 3 heteroatoms. The third kappa shape index (κ3) is 1.83. The van der Waals surface area contributed by atoms with E-state index in [4.69, 9.17) is 14.9 Å². The molecule has 88 valence electrons. The standard InChI is InChI=1S/C14H15NO2/c15-14(10-11-4-3-8-16-11)7-9-17-13-6-2-1-5-12(13)14/h1-6,8H,7,9-10,15H2. The van der Waals surface area contributed by atoms with Gasteiger partial charge in [0.05, 0.1) is 18.4 Å². The second kappa shape index (κ2) is 3.93. The van der Waals surface area contributed by atoms with Gasteiger partial charge in [-0.25, -0.2) is 0 Å². The first-order valence-electron chi connectivity index (χ1n) is 5.81. The minimum Gasteiger partial charge on any atom is -0.493 e. The fourth-order valence-electron chi connectivity index (χ4n) is 2.39. The van der Waals surface area contributed by atoms with Gasteiger partial charge in [-0.15, -0.1) is 0 Å². The number of benzene rings is 1. The van der Waals surface area contributed by atoms with Crippen LogP contribution in [0.2, 0.25) is 0 Å². The van der Waals surface area contributed by atoms with Crippen LogP contribution in [0.3, 0.4) is 0 Å². The number of nitrogens with two attached hydrogens (primary N) is 1. The van der Waals surface area contributed by atoms with E-state index in [0.29, 0.717) is 13.0 Å². The normalized spacial score (nSPS) is 22.9. The van der Waals surface area contributed by atoms with Crippen molar-refractivity contribution in [2.75, 3.05) is 6.61 Å². The van der Waals surface area contributed by atoms with E-state index in [0.717, 1.165) is 23.5 Å². The minimum absolute atomic E-state index is 0.382. The highest BCUT2D eigenvalue weighted by molar-refractivity contribution is 5.41. The summed E-state index contributed by atoms with van der Waals surface area (Å²) in [5, 5.41) is 0. The Hall–Kier alpha value is -1.74. The molecular formula is C14H15NO2. The van der Waals surface area contributed by atoms with E-state index >= 15 is 0 Å². The molecule has 0 aliphatic carbocycles. The fraction of sp³-hybridized carbons (Fsp3) is 0.286. The van der Waals surface area contributed by atoms with Crippen molar-refractivity contribution < 1.29 is 9.15 Å². The zero-order valence-corrected chi connectivity index (χ0v) is 9.56. The molecular weight excluding hydrogens is 214 g/mol. The number of rotatable bonds is 2. The van der Waals surface area contributed by atoms with Crippen LogP contribution in [-0.2, 0) is 12.0 Å². The smallest absolute Gasteiger partial charge is 0.124 e. The lowest BCUT2D eigenvalue weighted by atomic mass is 9.82. The molecule has 0 saturated heterocycles. The maximum atomic E-state index is 6.52. The van der Waals surface area contributed by atoms with Gasteiger partial charge in [0.15, 0.2) is 0 Å². The zero-order chi connectivity index (χ0) is 11.7. The van der Waals surface area contributed by atoms with Gasteiger partial charge in [-0.3, -0.25) is 0 Å². The monoisotopic (exact) mass is 229 g/mol. The summed E-state index contributed by atoms with van der Waals surface area (Å²) < 4.78 is 11.0. The fourth-order valence-corrected chi connectivity index (χ4v) is 2.39. The first-order valence-corrected chi connectivity index (χ1v) is 5.81. The van der Waals surface area contributed by atoms with E-state index < -0.39 is 0 Å². The summed E-state index contributed by atoms with van der Waals surface area (Å²) in [5.74, 6) is 1.82. The lowest BCUT2D eigenvalue weighted by Gasteiger charge is -2.35. The Morgan fingerprint density at radius 1 is 1.18 bits per heavy atom. The molecule has 2 N–H and O–H groups in total. The molecule has 0 radical (unpaired) electrons. The Labute approximate surface area is 100 Å². The van der Waals surface area contributed by atoms with Gasteiger partial charge in [0.2, 0.25) is 0 Å². The van der Waals surface area contributed by atoms with Crippen LogP contribution in [0.1, 0.15) is 17.7 Å². The van der Waals surface area contributed by atoms with E-state index in [1.165, 1.54) is 0 Å². The van der Waals surface area contributed by atoms with E-state index in [-0.39, 0.29) is 5.54 Å². The molecule has 0 spiro atoms. The second-order valence-corrected chi connectivity index (χ2v) is 4.51. The number of para-hydroxylation sites is 1. The van der Waals surface area contributed by atoms with E-state index in [2.05, 4.69) is 0 Å². The molecule has 1 unspecified atom stereocenters. The van der Waals surface area contributed by atoms with Crippen LogP contribution in [0, 0.1) is 0 Å². The molecule has 1 aromatic heterocycles. The molecule has 0 amide bonds. The van der Waals surface area contributed by atoms with Crippen LogP contribution in [0.5, 0.6) is 5.75 Å². The number of ether oxygens (including phenoxy) is 1. The number of fused-ring (bicyclic) bond motifs is 1. The summed E-state index contributed by atoms with van der Waals surface area (Å²) in [6, 6.07) is 11.8. The van der Waals surface area contributed by atoms with Crippen LogP contribution in [-0.4, -0.2) is 6.61 Å². The third-order valence-corrected chi connectivity index (χ3v) is 3.30. The highest BCUT2D eigenvalue weighted by Crippen LogP contribution is 2.37. The molecule has 0 saturated carbocycles. The molecule has 3 nitrogen and oxygen atoms in total. The first-order chi connectivity index (χ1) is 8.28. The van der Waals surface area contributed by atoms with Gasteiger partial charge in [0.1, 0.15) is 11.5 Å². The van der Waals surface area contributed by atoms with Crippen molar-refractivity contribution in [3.8, 4) is 5.75 Å². The maximum absolute atomic E-state index is 6.52. The summed E-state index contributed by atoms with van der Waals surface area (Å²) in [7, 11) is 0. The van der Waals surface area contributed by atoms with Gasteiger partial charge in [0.25, 0.3) is 0 Å². The molecule has 1 aliphatic rings. The summed E-state index contributed by atoms with van der Waals surface area (Å²) in [6.07, 6.45) is 3.20. The summed E-state index contributed by atoms with van der Waals surface area (Å²) in [4.78, 5) is 0. The zero-order valence-electron chi connectivity index (χ0n) is 9.56. The van der Waals surface area contributed by atoms with Crippen molar-refractivity contribution in [1.29, 1.82) is 0 Å². The van der Waals surface area contributed by atoms with Gasteiger partial charge in [-0.1, -0.05) is 18.2 Å². The lowest BCUT2D eigenvalue weighted by molar-refractivity contribution is 0.210. The average molecular weight is 229 g/mol. The van der Waals surface area contributed by atoms with Crippen molar-refractivity contribution in [2.45, 2.75) is 18.4 Å². The predicted molar refractivity (Wildman–Crippen MR) is 64.8 cm³/mol. The van der Waals surface area contributed by atoms with Crippen LogP contribution < -0.4 is 10.5 Å². The largest absolute Gasteiger partial charge is 0.493 e. The minimum atomic E-state index is -0.382. The van der Waals surface area contributed by atoms with Gasteiger partial charge in [-0.05, 0) is 18.2 Å². The first kappa shape index (κ1) is 10.4. The van der Waals surface area contributed by atoms with E-state index in [1.54, 1.807) is 6.26 Å². The van der Waals surface area contributed by atoms with Crippen LogP contribution in [0.25, 0.3) is 0 Å². The number of hydrogen-bond acceptors (Lipinski definition) is 3. The third-order valence-electron chi connectivity index (χ3n) is 3.30. The lowest BCUT2D eigenvalue weighted by Crippen LogP contribution is -2.43. The molecule has 1 aliphatic heterocycles. The van der Waals surface area contributed by atoms with Crippen molar-refractivity contribution in [1.82, 2.24) is 0 Å². The summed E-state index contributed by atoms with van der Waals surface area (Å²) in [5.41, 5.74) is 7.21. The van der Waals surface area contributed by atoms with Crippen LogP contribution in [0.4, 0.5) is 0 Å². The Balaban J connectivity index is 1.98. The maximum Gasteiger partial charge on any atom is 0.124 e. The van der Waals surface area contributed by atoms with Gasteiger partial charge in [-0.2, -0.15) is 0 Å². The van der Waals surface area contributed by atoms with E-state index in [9.17, 15) is 0 Å². The van der Waals surface area contributed by atoms with Crippen molar-refractivity contribution in [2.24, 2.45) is 5.73 Å². The molecule has 2 heterocycles. The SMILES string of the molecule is NC1(Cc2ccco2)CCOc2ccccc21. The second-order valence-electron chi connectivity index (χ2n) is 4.51. The molecule has 3 rings (SSSR count). The van der Waals surface area contributed by atoms with Gasteiger partial charge < -0.3 is 14.9 Å². The highest BCUT2D eigenvalue weighted by atomic mass is 16.5. The molecule has 17 heavy (non-hydrogen) atoms. The molecule has 0 bridgehead atoms. The summed E-state index contributed by atoms with van der Waals surface area (Å²) in [6.45, 7) is 0.661. The van der Waals surface area contributed by atoms with Crippen LogP contribution >= 0.6 is 0 Å². The molecule has 1 aromatic carbocycles. The summed E-state index contributed by atoms with van der Waals surface area (Å²) >= 11 is 0. The van der Waals surface area contributed by atoms with Crippen LogP contribution in [0.15, 0.2) is 47.1 Å². The number of hydrogen-bond donors (Lipinski definition) is 1. The van der Waals surface area contributed by atoms with Crippen molar-refractivity contribution >= 4 is 0 Å². The Bertz CT molecular complexity index is 507. The average Bonchev–Trinajstić information content (AvgIpc) is 2.82.